The number of rotatable bonds is 5. The highest BCUT2D eigenvalue weighted by Crippen LogP contribution is 2.33. The third kappa shape index (κ3) is 3.48. The van der Waals surface area contributed by atoms with Crippen molar-refractivity contribution >= 4 is 0 Å². The lowest BCUT2D eigenvalue weighted by Crippen LogP contribution is -2.46. The number of aryl methyl sites for hydroxylation is 1. The fourth-order valence-electron chi connectivity index (χ4n) is 3.34. The van der Waals surface area contributed by atoms with E-state index in [1.807, 2.05) is 13.0 Å². The molecule has 1 aromatic heterocycles. The topological polar surface area (TPSA) is 63.9 Å². The van der Waals surface area contributed by atoms with E-state index in [2.05, 4.69) is 39.0 Å². The monoisotopic (exact) mass is 344 g/mol. The number of hydrogen-bond donors (Lipinski definition) is 0. The van der Waals surface area contributed by atoms with Crippen LogP contribution in [0.1, 0.15) is 37.2 Å². The third-order valence-electron chi connectivity index (χ3n) is 4.96. The fraction of sp³-hybridized carbons (Fsp3) is 0.556. The molecule has 0 amide bonds. The molecule has 0 N–H and O–H groups in total. The first-order valence-electron chi connectivity index (χ1n) is 8.90. The summed E-state index contributed by atoms with van der Waals surface area (Å²) in [5.74, 6) is 3.20. The van der Waals surface area contributed by atoms with Gasteiger partial charge in [-0.05, 0) is 24.6 Å². The average molecular weight is 344 g/mol. The van der Waals surface area contributed by atoms with Crippen LogP contribution in [-0.4, -0.2) is 52.9 Å². The maximum Gasteiger partial charge on any atom is 0.243 e. The lowest BCUT2D eigenvalue weighted by molar-refractivity contribution is 0.0845. The zero-order valence-electron chi connectivity index (χ0n) is 14.8. The van der Waals surface area contributed by atoms with Crippen molar-refractivity contribution in [1.29, 1.82) is 0 Å². The number of aromatic nitrogens is 2. The summed E-state index contributed by atoms with van der Waals surface area (Å²) in [6.45, 7) is 9.46. The largest absolute Gasteiger partial charge is 0.454 e. The van der Waals surface area contributed by atoms with E-state index in [9.17, 15) is 0 Å². The van der Waals surface area contributed by atoms with E-state index in [0.717, 1.165) is 62.4 Å². The zero-order valence-corrected chi connectivity index (χ0v) is 14.8. The lowest BCUT2D eigenvalue weighted by atomic mass is 10.1. The first-order chi connectivity index (χ1) is 12.2. The van der Waals surface area contributed by atoms with Crippen LogP contribution >= 0.6 is 0 Å². The smallest absolute Gasteiger partial charge is 0.243 e. The van der Waals surface area contributed by atoms with Crippen molar-refractivity contribution < 1.29 is 14.0 Å². The Kier molecular flexibility index (Phi) is 4.59. The Morgan fingerprint density at radius 3 is 2.68 bits per heavy atom. The Balaban J connectivity index is 1.32. The highest BCUT2D eigenvalue weighted by molar-refractivity contribution is 5.44. The summed E-state index contributed by atoms with van der Waals surface area (Å²) in [6.07, 6.45) is 0.805. The highest BCUT2D eigenvalue weighted by atomic mass is 16.7. The summed E-state index contributed by atoms with van der Waals surface area (Å²) >= 11 is 0. The van der Waals surface area contributed by atoms with Crippen LogP contribution < -0.4 is 9.47 Å². The van der Waals surface area contributed by atoms with Gasteiger partial charge in [0.25, 0.3) is 0 Å². The molecule has 1 aromatic carbocycles. The van der Waals surface area contributed by atoms with Gasteiger partial charge in [-0.1, -0.05) is 18.1 Å². The van der Waals surface area contributed by atoms with Gasteiger partial charge in [0.2, 0.25) is 12.7 Å². The number of benzene rings is 1. The van der Waals surface area contributed by atoms with Crippen LogP contribution in [0, 0.1) is 0 Å². The van der Waals surface area contributed by atoms with Gasteiger partial charge >= 0.3 is 0 Å². The molecule has 0 bridgehead atoms. The van der Waals surface area contributed by atoms with Gasteiger partial charge < -0.3 is 14.0 Å². The van der Waals surface area contributed by atoms with Gasteiger partial charge in [-0.25, -0.2) is 0 Å². The molecule has 0 aliphatic carbocycles. The van der Waals surface area contributed by atoms with E-state index < -0.39 is 0 Å². The van der Waals surface area contributed by atoms with Crippen LogP contribution in [0.5, 0.6) is 11.5 Å². The van der Waals surface area contributed by atoms with Gasteiger partial charge in [0.15, 0.2) is 17.3 Å². The first-order valence-corrected chi connectivity index (χ1v) is 8.90. The number of fused-ring (bicyclic) bond motifs is 1. The van der Waals surface area contributed by atoms with Crippen LogP contribution in [0.4, 0.5) is 0 Å². The number of piperazine rings is 1. The van der Waals surface area contributed by atoms with Crippen molar-refractivity contribution in [3.63, 3.8) is 0 Å². The van der Waals surface area contributed by atoms with Gasteiger partial charge in [-0.15, -0.1) is 0 Å². The molecule has 2 aromatic rings. The van der Waals surface area contributed by atoms with Gasteiger partial charge in [0.1, 0.15) is 0 Å². The number of nitrogens with zero attached hydrogens (tertiary/aromatic N) is 4. The molecule has 4 rings (SSSR count). The Bertz CT molecular complexity index is 725. The van der Waals surface area contributed by atoms with Crippen molar-refractivity contribution in [3.8, 4) is 11.5 Å². The molecule has 25 heavy (non-hydrogen) atoms. The predicted octanol–water partition coefficient (Wildman–Crippen LogP) is 2.24. The van der Waals surface area contributed by atoms with E-state index in [1.165, 1.54) is 5.56 Å². The molecule has 2 aliphatic heterocycles. The summed E-state index contributed by atoms with van der Waals surface area (Å²) in [4.78, 5) is 9.34. The molecule has 7 heteroatoms. The summed E-state index contributed by atoms with van der Waals surface area (Å²) in [5.41, 5.74) is 1.26. The zero-order chi connectivity index (χ0) is 17.2. The van der Waals surface area contributed by atoms with Gasteiger partial charge in [0.05, 0.1) is 6.04 Å². The van der Waals surface area contributed by atoms with E-state index in [1.54, 1.807) is 0 Å². The van der Waals surface area contributed by atoms with Crippen molar-refractivity contribution in [2.45, 2.75) is 32.9 Å². The van der Waals surface area contributed by atoms with Crippen molar-refractivity contribution in [3.05, 3.63) is 35.5 Å². The molecule has 7 nitrogen and oxygen atoms in total. The molecule has 1 fully saturated rings. The minimum absolute atomic E-state index is 0.167. The summed E-state index contributed by atoms with van der Waals surface area (Å²) < 4.78 is 16.2. The Morgan fingerprint density at radius 2 is 1.92 bits per heavy atom. The Hall–Kier alpha value is -2.12. The second-order valence-corrected chi connectivity index (χ2v) is 6.58. The Morgan fingerprint density at radius 1 is 1.12 bits per heavy atom. The minimum atomic E-state index is 0.167. The number of ether oxygens (including phenoxy) is 2. The van der Waals surface area contributed by atoms with E-state index in [4.69, 9.17) is 14.0 Å². The van der Waals surface area contributed by atoms with Crippen LogP contribution in [0.2, 0.25) is 0 Å². The highest BCUT2D eigenvalue weighted by Gasteiger charge is 2.26. The van der Waals surface area contributed by atoms with Crippen LogP contribution in [-0.2, 0) is 13.0 Å². The lowest BCUT2D eigenvalue weighted by Gasteiger charge is -2.36. The van der Waals surface area contributed by atoms with Crippen LogP contribution in [0.15, 0.2) is 22.7 Å². The molecule has 0 radical (unpaired) electrons. The molecular weight excluding hydrogens is 320 g/mol. The third-order valence-corrected chi connectivity index (χ3v) is 4.96. The number of hydrogen-bond acceptors (Lipinski definition) is 7. The van der Waals surface area contributed by atoms with Gasteiger partial charge in [0, 0.05) is 39.1 Å². The second-order valence-electron chi connectivity index (χ2n) is 6.58. The standard InChI is InChI=1S/C18H24N4O3/c1-3-17-19-18(25-20-17)13(2)22-8-6-21(7-9-22)11-14-4-5-15-16(10-14)24-12-23-15/h4-5,10,13H,3,6-9,11-12H2,1-2H3. The Labute approximate surface area is 147 Å². The normalized spacial score (nSPS) is 19.3. The predicted molar refractivity (Wildman–Crippen MR) is 91.5 cm³/mol. The van der Waals surface area contributed by atoms with Crippen LogP contribution in [0.25, 0.3) is 0 Å². The molecule has 134 valence electrons. The van der Waals surface area contributed by atoms with Gasteiger partial charge in [-0.2, -0.15) is 4.98 Å². The molecule has 2 aliphatic rings. The molecule has 3 heterocycles. The molecule has 0 saturated carbocycles. The molecule has 1 atom stereocenters. The van der Waals surface area contributed by atoms with Gasteiger partial charge in [-0.3, -0.25) is 9.80 Å². The van der Waals surface area contributed by atoms with Crippen molar-refractivity contribution in [1.82, 2.24) is 19.9 Å². The quantitative estimate of drug-likeness (QED) is 0.824. The first kappa shape index (κ1) is 16.4. The maximum atomic E-state index is 5.46. The summed E-state index contributed by atoms with van der Waals surface area (Å²) in [5, 5.41) is 4.00. The second kappa shape index (κ2) is 7.01. The van der Waals surface area contributed by atoms with E-state index in [0.29, 0.717) is 6.79 Å². The van der Waals surface area contributed by atoms with E-state index >= 15 is 0 Å². The summed E-state index contributed by atoms with van der Waals surface area (Å²) in [7, 11) is 0. The van der Waals surface area contributed by atoms with Crippen molar-refractivity contribution in [2.75, 3.05) is 33.0 Å². The van der Waals surface area contributed by atoms with Crippen LogP contribution in [0.3, 0.4) is 0 Å². The van der Waals surface area contributed by atoms with Crippen molar-refractivity contribution in [2.24, 2.45) is 0 Å². The summed E-state index contributed by atoms with van der Waals surface area (Å²) in [6, 6.07) is 6.37. The maximum absolute atomic E-state index is 5.46. The fourth-order valence-corrected chi connectivity index (χ4v) is 3.34. The molecular formula is C18H24N4O3. The molecule has 1 unspecified atom stereocenters. The molecule has 1 saturated heterocycles. The van der Waals surface area contributed by atoms with E-state index in [-0.39, 0.29) is 6.04 Å². The average Bonchev–Trinajstić information content (AvgIpc) is 3.30. The SMILES string of the molecule is CCc1noc(C(C)N2CCN(Cc3ccc4c(c3)OCO4)CC2)n1. The molecule has 0 spiro atoms. The minimum Gasteiger partial charge on any atom is -0.454 e.